The third-order valence-corrected chi connectivity index (χ3v) is 6.75. The van der Waals surface area contributed by atoms with Gasteiger partial charge in [0.2, 0.25) is 5.91 Å². The molecule has 0 radical (unpaired) electrons. The smallest absolute Gasteiger partial charge is 0.254 e. The van der Waals surface area contributed by atoms with Gasteiger partial charge in [-0.05, 0) is 55.7 Å². The summed E-state index contributed by atoms with van der Waals surface area (Å²) in [6.45, 7) is 1.52. The van der Waals surface area contributed by atoms with E-state index in [9.17, 15) is 9.59 Å². The highest BCUT2D eigenvalue weighted by molar-refractivity contribution is 7.18. The van der Waals surface area contributed by atoms with Crippen molar-refractivity contribution >= 4 is 39.1 Å². The Bertz CT molecular complexity index is 1010. The molecule has 1 atom stereocenters. The lowest BCUT2D eigenvalue weighted by molar-refractivity contribution is -0.117. The fraction of sp³-hybridized carbons (Fsp3) is 0.318. The fourth-order valence-corrected chi connectivity index (χ4v) is 5.29. The van der Waals surface area contributed by atoms with Crippen molar-refractivity contribution in [3.8, 4) is 0 Å². The normalized spacial score (nSPS) is 19.7. The van der Waals surface area contributed by atoms with Crippen LogP contribution >= 0.6 is 11.3 Å². The van der Waals surface area contributed by atoms with Gasteiger partial charge in [0.15, 0.2) is 0 Å². The molecule has 2 aliphatic rings. The molecule has 5 rings (SSSR count). The number of benzene rings is 2. The minimum Gasteiger partial charge on any atom is -0.329 e. The number of carbonyl (C=O) groups is 2. The van der Waals surface area contributed by atoms with E-state index in [4.69, 9.17) is 4.98 Å². The lowest BCUT2D eigenvalue weighted by Crippen LogP contribution is -2.30. The SMILES string of the molecule is O=C1CCCN1c1ccc(C(=O)N2CCC[C@@H]2c2nc3ccccc3s2)cc1. The third-order valence-electron chi connectivity index (χ3n) is 5.61. The van der Waals surface area contributed by atoms with Crippen molar-refractivity contribution in [2.45, 2.75) is 31.7 Å². The summed E-state index contributed by atoms with van der Waals surface area (Å²) in [6.07, 6.45) is 3.45. The molecule has 0 bridgehead atoms. The molecule has 0 saturated carbocycles. The summed E-state index contributed by atoms with van der Waals surface area (Å²) in [7, 11) is 0. The van der Waals surface area contributed by atoms with Gasteiger partial charge in [-0.15, -0.1) is 11.3 Å². The highest BCUT2D eigenvalue weighted by Crippen LogP contribution is 2.37. The largest absolute Gasteiger partial charge is 0.329 e. The van der Waals surface area contributed by atoms with Crippen LogP contribution < -0.4 is 4.90 Å². The van der Waals surface area contributed by atoms with Crippen molar-refractivity contribution in [1.82, 2.24) is 9.88 Å². The van der Waals surface area contributed by atoms with Crippen LogP contribution in [-0.2, 0) is 4.79 Å². The standard InChI is InChI=1S/C22H21N3O2S/c26-20-8-4-13-24(20)16-11-9-15(10-12-16)22(27)25-14-3-6-18(25)21-23-17-5-1-2-7-19(17)28-21/h1-2,5,7,9-12,18H,3-4,6,8,13-14H2/t18-/m1/s1. The number of rotatable bonds is 3. The maximum absolute atomic E-state index is 13.2. The molecule has 0 spiro atoms. The van der Waals surface area contributed by atoms with Crippen LogP contribution in [0.15, 0.2) is 48.5 Å². The highest BCUT2D eigenvalue weighted by Gasteiger charge is 2.33. The Kier molecular flexibility index (Phi) is 4.36. The molecular formula is C22H21N3O2S. The van der Waals surface area contributed by atoms with Gasteiger partial charge >= 0.3 is 0 Å². The van der Waals surface area contributed by atoms with Gasteiger partial charge < -0.3 is 9.80 Å². The van der Waals surface area contributed by atoms with Crippen LogP contribution in [0.3, 0.4) is 0 Å². The van der Waals surface area contributed by atoms with E-state index in [0.29, 0.717) is 12.0 Å². The van der Waals surface area contributed by atoms with Crippen molar-refractivity contribution in [3.05, 3.63) is 59.1 Å². The van der Waals surface area contributed by atoms with Crippen molar-refractivity contribution in [2.75, 3.05) is 18.0 Å². The number of fused-ring (bicyclic) bond motifs is 1. The van der Waals surface area contributed by atoms with Crippen molar-refractivity contribution in [2.24, 2.45) is 0 Å². The minimum absolute atomic E-state index is 0.0426. The molecule has 0 unspecified atom stereocenters. The average Bonchev–Trinajstić information content (AvgIpc) is 3.46. The first-order valence-corrected chi connectivity index (χ1v) is 10.6. The van der Waals surface area contributed by atoms with Gasteiger partial charge in [-0.3, -0.25) is 9.59 Å². The quantitative estimate of drug-likeness (QED) is 0.665. The van der Waals surface area contributed by atoms with Gasteiger partial charge in [-0.25, -0.2) is 4.98 Å². The number of carbonyl (C=O) groups excluding carboxylic acids is 2. The number of amides is 2. The molecule has 28 heavy (non-hydrogen) atoms. The second kappa shape index (κ2) is 7.02. The predicted molar refractivity (Wildman–Crippen MR) is 111 cm³/mol. The van der Waals surface area contributed by atoms with Gasteiger partial charge in [0.1, 0.15) is 5.01 Å². The Morgan fingerprint density at radius 2 is 1.86 bits per heavy atom. The van der Waals surface area contributed by atoms with Gasteiger partial charge in [0, 0.05) is 30.8 Å². The molecular weight excluding hydrogens is 370 g/mol. The summed E-state index contributed by atoms with van der Waals surface area (Å²) >= 11 is 1.68. The summed E-state index contributed by atoms with van der Waals surface area (Å²) in [5.74, 6) is 0.204. The fourth-order valence-electron chi connectivity index (χ4n) is 4.17. The molecule has 2 saturated heterocycles. The molecule has 3 heterocycles. The van der Waals surface area contributed by atoms with E-state index in [1.807, 2.05) is 47.4 Å². The van der Waals surface area contributed by atoms with Gasteiger partial charge in [-0.1, -0.05) is 12.1 Å². The topological polar surface area (TPSA) is 53.5 Å². The van der Waals surface area contributed by atoms with Crippen LogP contribution in [0.1, 0.15) is 47.1 Å². The van der Waals surface area contributed by atoms with Crippen LogP contribution in [0.4, 0.5) is 5.69 Å². The molecule has 5 nitrogen and oxygen atoms in total. The predicted octanol–water partition coefficient (Wildman–Crippen LogP) is 4.40. The molecule has 2 aliphatic heterocycles. The Hall–Kier alpha value is -2.73. The Morgan fingerprint density at radius 3 is 2.61 bits per heavy atom. The molecule has 142 valence electrons. The Labute approximate surface area is 167 Å². The molecule has 0 aliphatic carbocycles. The van der Waals surface area contributed by atoms with Gasteiger partial charge in [-0.2, -0.15) is 0 Å². The van der Waals surface area contributed by atoms with E-state index in [0.717, 1.165) is 53.3 Å². The highest BCUT2D eigenvalue weighted by atomic mass is 32.1. The number of hydrogen-bond acceptors (Lipinski definition) is 4. The van der Waals surface area contributed by atoms with Crippen LogP contribution in [0.2, 0.25) is 0 Å². The summed E-state index contributed by atoms with van der Waals surface area (Å²) in [5, 5.41) is 1.02. The number of nitrogens with zero attached hydrogens (tertiary/aromatic N) is 3. The van der Waals surface area contributed by atoms with E-state index < -0.39 is 0 Å². The number of likely N-dealkylation sites (tertiary alicyclic amines) is 1. The zero-order chi connectivity index (χ0) is 19.1. The minimum atomic E-state index is 0.0426. The number of para-hydroxylation sites is 1. The van der Waals surface area contributed by atoms with Crippen molar-refractivity contribution in [3.63, 3.8) is 0 Å². The van der Waals surface area contributed by atoms with Crippen LogP contribution in [-0.4, -0.2) is 34.8 Å². The molecule has 1 aromatic heterocycles. The van der Waals surface area contributed by atoms with E-state index in [1.54, 1.807) is 16.2 Å². The van der Waals surface area contributed by atoms with Crippen LogP contribution in [0, 0.1) is 0 Å². The van der Waals surface area contributed by atoms with E-state index >= 15 is 0 Å². The molecule has 2 fully saturated rings. The average molecular weight is 391 g/mol. The number of aromatic nitrogens is 1. The first-order valence-electron chi connectivity index (χ1n) is 9.77. The first-order chi connectivity index (χ1) is 13.7. The lowest BCUT2D eigenvalue weighted by atomic mass is 10.1. The summed E-state index contributed by atoms with van der Waals surface area (Å²) in [4.78, 5) is 33.6. The van der Waals surface area contributed by atoms with Gasteiger partial charge in [0.25, 0.3) is 5.91 Å². The number of thiazole rings is 1. The zero-order valence-electron chi connectivity index (χ0n) is 15.5. The van der Waals surface area contributed by atoms with E-state index in [1.165, 1.54) is 0 Å². The molecule has 6 heteroatoms. The maximum Gasteiger partial charge on any atom is 0.254 e. The number of anilines is 1. The molecule has 3 aromatic rings. The molecule has 0 N–H and O–H groups in total. The zero-order valence-corrected chi connectivity index (χ0v) is 16.3. The number of hydrogen-bond donors (Lipinski definition) is 0. The summed E-state index contributed by atoms with van der Waals surface area (Å²) < 4.78 is 1.16. The van der Waals surface area contributed by atoms with Gasteiger partial charge in [0.05, 0.1) is 16.3 Å². The third kappa shape index (κ3) is 2.98. The lowest BCUT2D eigenvalue weighted by Gasteiger charge is -2.23. The summed E-state index contributed by atoms with van der Waals surface area (Å²) in [5.41, 5.74) is 2.55. The first kappa shape index (κ1) is 17.4. The van der Waals surface area contributed by atoms with Crippen molar-refractivity contribution < 1.29 is 9.59 Å². The molecule has 2 amide bonds. The van der Waals surface area contributed by atoms with Crippen molar-refractivity contribution in [1.29, 1.82) is 0 Å². The van der Waals surface area contributed by atoms with E-state index in [2.05, 4.69) is 6.07 Å². The molecule has 2 aromatic carbocycles. The second-order valence-corrected chi connectivity index (χ2v) is 8.43. The maximum atomic E-state index is 13.2. The van der Waals surface area contributed by atoms with E-state index in [-0.39, 0.29) is 17.9 Å². The Balaban J connectivity index is 1.38. The summed E-state index contributed by atoms with van der Waals surface area (Å²) in [6, 6.07) is 15.6. The Morgan fingerprint density at radius 1 is 1.04 bits per heavy atom. The van der Waals surface area contributed by atoms with Crippen LogP contribution in [0.5, 0.6) is 0 Å². The monoisotopic (exact) mass is 391 g/mol. The van der Waals surface area contributed by atoms with Crippen LogP contribution in [0.25, 0.3) is 10.2 Å². The second-order valence-electron chi connectivity index (χ2n) is 7.37.